The van der Waals surface area contributed by atoms with Crippen molar-refractivity contribution in [2.24, 2.45) is 5.92 Å². The summed E-state index contributed by atoms with van der Waals surface area (Å²) in [5, 5.41) is 20.0. The largest absolute Gasteiger partial charge is 0.508 e. The molecule has 0 aliphatic carbocycles. The van der Waals surface area contributed by atoms with Gasteiger partial charge in [-0.05, 0) is 86.0 Å². The molecule has 5 nitrogen and oxygen atoms in total. The summed E-state index contributed by atoms with van der Waals surface area (Å²) in [6, 6.07) is 16.4. The van der Waals surface area contributed by atoms with Gasteiger partial charge in [-0.3, -0.25) is 4.90 Å². The first kappa shape index (κ1) is 26.0. The third-order valence-electron chi connectivity index (χ3n) is 7.22. The lowest BCUT2D eigenvalue weighted by atomic mass is 9.81. The molecule has 0 radical (unpaired) electrons. The Bertz CT molecular complexity index is 1340. The number of rotatable bonds is 6. The maximum atomic E-state index is 14.6. The Hall–Kier alpha value is -3.65. The van der Waals surface area contributed by atoms with Crippen LogP contribution in [-0.2, 0) is 0 Å². The molecule has 0 saturated carbocycles. The number of allylic oxidation sites excluding steroid dienone is 1. The van der Waals surface area contributed by atoms with Crippen LogP contribution in [0.15, 0.2) is 66.7 Å². The molecule has 2 aliphatic heterocycles. The fourth-order valence-electron chi connectivity index (χ4n) is 5.23. The Labute approximate surface area is 219 Å². The molecule has 38 heavy (non-hydrogen) atoms. The van der Waals surface area contributed by atoms with E-state index in [2.05, 4.69) is 18.7 Å². The number of aromatic hydroxyl groups is 2. The Morgan fingerprint density at radius 1 is 1.00 bits per heavy atom. The van der Waals surface area contributed by atoms with Crippen LogP contribution in [0.4, 0.5) is 13.2 Å². The fraction of sp³-hybridized carbons (Fsp3) is 0.333. The predicted octanol–water partition coefficient (Wildman–Crippen LogP) is 6.81. The molecule has 5 rings (SSSR count). The molecule has 1 unspecified atom stereocenters. The van der Waals surface area contributed by atoms with Crippen LogP contribution in [0.5, 0.6) is 23.0 Å². The first-order chi connectivity index (χ1) is 18.1. The third-order valence-corrected chi connectivity index (χ3v) is 7.22. The van der Waals surface area contributed by atoms with Crippen molar-refractivity contribution in [2.75, 3.05) is 19.7 Å². The third kappa shape index (κ3) is 5.31. The Kier molecular flexibility index (Phi) is 7.01. The summed E-state index contributed by atoms with van der Waals surface area (Å²) in [5.41, 5.74) is 0.275. The van der Waals surface area contributed by atoms with Gasteiger partial charge >= 0.3 is 6.18 Å². The molecule has 0 aromatic heterocycles. The van der Waals surface area contributed by atoms with Gasteiger partial charge in [-0.25, -0.2) is 0 Å². The van der Waals surface area contributed by atoms with E-state index in [1.165, 1.54) is 42.8 Å². The zero-order chi connectivity index (χ0) is 27.0. The molecular formula is C30H30F3NO4. The molecule has 3 aromatic carbocycles. The summed E-state index contributed by atoms with van der Waals surface area (Å²) in [7, 11) is 0. The molecule has 3 aromatic rings. The number of hydrogen-bond donors (Lipinski definition) is 2. The SMILES string of the molecule is C[C@@H]1CCN([C@@H](C)COc2ccc(C3=C(c4cccc(O)c4)C(C(F)(F)F)c4cc(O)ccc4O3)cc2)C1. The molecule has 0 bridgehead atoms. The van der Waals surface area contributed by atoms with E-state index in [0.29, 0.717) is 23.8 Å². The predicted molar refractivity (Wildman–Crippen MR) is 139 cm³/mol. The van der Waals surface area contributed by atoms with Crippen molar-refractivity contribution in [2.45, 2.75) is 38.4 Å². The minimum absolute atomic E-state index is 0.0121. The highest BCUT2D eigenvalue weighted by atomic mass is 19.4. The van der Waals surface area contributed by atoms with Crippen LogP contribution in [0.25, 0.3) is 11.3 Å². The van der Waals surface area contributed by atoms with Gasteiger partial charge in [-0.2, -0.15) is 13.2 Å². The van der Waals surface area contributed by atoms with E-state index in [-0.39, 0.29) is 45.7 Å². The number of likely N-dealkylation sites (tertiary alicyclic amines) is 1. The van der Waals surface area contributed by atoms with E-state index >= 15 is 0 Å². The number of alkyl halides is 3. The number of nitrogens with zero attached hydrogens (tertiary/aromatic N) is 1. The van der Waals surface area contributed by atoms with Crippen LogP contribution >= 0.6 is 0 Å². The minimum Gasteiger partial charge on any atom is -0.508 e. The van der Waals surface area contributed by atoms with Crippen LogP contribution in [0, 0.1) is 5.92 Å². The summed E-state index contributed by atoms with van der Waals surface area (Å²) in [4.78, 5) is 2.40. The van der Waals surface area contributed by atoms with Gasteiger partial charge in [0.15, 0.2) is 0 Å². The molecule has 2 heterocycles. The first-order valence-electron chi connectivity index (χ1n) is 12.7. The van der Waals surface area contributed by atoms with E-state index in [1.54, 1.807) is 24.3 Å². The van der Waals surface area contributed by atoms with Crippen molar-refractivity contribution in [3.05, 3.63) is 83.4 Å². The van der Waals surface area contributed by atoms with Gasteiger partial charge < -0.3 is 19.7 Å². The standard InChI is InChI=1S/C30H30F3NO4/c1-18-12-13-34(16-18)19(2)17-37-24-9-6-20(7-10-24)29-27(21-4-3-5-22(35)14-21)28(30(31,32)33)25-15-23(36)8-11-26(25)38-29/h3-11,14-15,18-19,28,35-36H,12-13,16-17H2,1-2H3/t18-,19+,28?/m1/s1. The van der Waals surface area contributed by atoms with E-state index in [1.807, 2.05) is 0 Å². The van der Waals surface area contributed by atoms with E-state index in [0.717, 1.165) is 19.2 Å². The number of hydrogen-bond acceptors (Lipinski definition) is 5. The van der Waals surface area contributed by atoms with E-state index in [9.17, 15) is 23.4 Å². The average molecular weight is 526 g/mol. The molecule has 0 spiro atoms. The molecule has 1 fully saturated rings. The van der Waals surface area contributed by atoms with Crippen molar-refractivity contribution in [1.29, 1.82) is 0 Å². The number of phenolic OH excluding ortho intramolecular Hbond substituents is 2. The molecule has 8 heteroatoms. The number of halogens is 3. The van der Waals surface area contributed by atoms with Gasteiger partial charge in [-0.1, -0.05) is 19.1 Å². The Morgan fingerprint density at radius 2 is 1.74 bits per heavy atom. The first-order valence-corrected chi connectivity index (χ1v) is 12.7. The number of phenols is 2. The van der Waals surface area contributed by atoms with Crippen LogP contribution in [-0.4, -0.2) is 47.0 Å². The second-order valence-electron chi connectivity index (χ2n) is 10.2. The average Bonchev–Trinajstić information content (AvgIpc) is 3.32. The minimum atomic E-state index is -4.69. The summed E-state index contributed by atoms with van der Waals surface area (Å²) in [5.74, 6) is -1.20. The summed E-state index contributed by atoms with van der Waals surface area (Å²) in [6.45, 7) is 6.97. The highest BCUT2D eigenvalue weighted by Gasteiger charge is 2.49. The molecule has 2 N–H and O–H groups in total. The zero-order valence-corrected chi connectivity index (χ0v) is 21.2. The fourth-order valence-corrected chi connectivity index (χ4v) is 5.23. The molecule has 200 valence electrons. The summed E-state index contributed by atoms with van der Waals surface area (Å²) >= 11 is 0. The summed E-state index contributed by atoms with van der Waals surface area (Å²) < 4.78 is 55.9. The van der Waals surface area contributed by atoms with Crippen LogP contribution in [0.3, 0.4) is 0 Å². The Morgan fingerprint density at radius 3 is 2.39 bits per heavy atom. The Balaban J connectivity index is 1.51. The maximum absolute atomic E-state index is 14.6. The van der Waals surface area contributed by atoms with Crippen LogP contribution < -0.4 is 9.47 Å². The molecule has 2 aliphatic rings. The normalized spacial score (nSPS) is 20.7. The number of benzene rings is 3. The number of fused-ring (bicyclic) bond motifs is 1. The highest BCUT2D eigenvalue weighted by Crippen LogP contribution is 2.54. The van der Waals surface area contributed by atoms with Gasteiger partial charge in [-0.15, -0.1) is 0 Å². The van der Waals surface area contributed by atoms with Gasteiger partial charge in [0.1, 0.15) is 41.3 Å². The van der Waals surface area contributed by atoms with Crippen molar-refractivity contribution in [1.82, 2.24) is 4.90 Å². The molecular weight excluding hydrogens is 495 g/mol. The van der Waals surface area contributed by atoms with Gasteiger partial charge in [0, 0.05) is 29.3 Å². The van der Waals surface area contributed by atoms with Gasteiger partial charge in [0.25, 0.3) is 0 Å². The summed E-state index contributed by atoms with van der Waals surface area (Å²) in [6.07, 6.45) is -3.51. The number of ether oxygens (including phenoxy) is 2. The smallest absolute Gasteiger partial charge is 0.399 e. The lowest BCUT2D eigenvalue weighted by Crippen LogP contribution is -2.35. The topological polar surface area (TPSA) is 62.2 Å². The highest BCUT2D eigenvalue weighted by molar-refractivity contribution is 5.94. The molecule has 1 saturated heterocycles. The van der Waals surface area contributed by atoms with Crippen LogP contribution in [0.1, 0.15) is 42.9 Å². The van der Waals surface area contributed by atoms with Crippen molar-refractivity contribution in [3.63, 3.8) is 0 Å². The molecule has 3 atom stereocenters. The van der Waals surface area contributed by atoms with Crippen LogP contribution in [0.2, 0.25) is 0 Å². The van der Waals surface area contributed by atoms with Gasteiger partial charge in [0.2, 0.25) is 0 Å². The lowest BCUT2D eigenvalue weighted by molar-refractivity contribution is -0.137. The lowest BCUT2D eigenvalue weighted by Gasteiger charge is -2.32. The van der Waals surface area contributed by atoms with Gasteiger partial charge in [0.05, 0.1) is 0 Å². The van der Waals surface area contributed by atoms with Crippen molar-refractivity contribution < 1.29 is 32.9 Å². The second kappa shape index (κ2) is 10.3. The van der Waals surface area contributed by atoms with E-state index in [4.69, 9.17) is 9.47 Å². The zero-order valence-electron chi connectivity index (χ0n) is 21.2. The maximum Gasteiger partial charge on any atom is 0.399 e. The van der Waals surface area contributed by atoms with E-state index < -0.39 is 12.1 Å². The van der Waals surface area contributed by atoms with Crippen molar-refractivity contribution >= 4 is 11.3 Å². The quantitative estimate of drug-likeness (QED) is 0.370. The monoisotopic (exact) mass is 525 g/mol. The second-order valence-corrected chi connectivity index (χ2v) is 10.2. The van der Waals surface area contributed by atoms with Crippen molar-refractivity contribution in [3.8, 4) is 23.0 Å². The molecule has 0 amide bonds.